The molecule has 0 fully saturated rings. The van der Waals surface area contributed by atoms with Gasteiger partial charge in [0.25, 0.3) is 0 Å². The van der Waals surface area contributed by atoms with Crippen molar-refractivity contribution >= 4 is 20.6 Å². The molecule has 0 amide bonds. The Morgan fingerprint density at radius 1 is 2.00 bits per heavy atom. The van der Waals surface area contributed by atoms with E-state index in [0.717, 1.165) is 0 Å². The van der Waals surface area contributed by atoms with Gasteiger partial charge in [-0.05, 0) is 15.9 Å². The summed E-state index contributed by atoms with van der Waals surface area (Å²) in [5.74, 6) is 0. The van der Waals surface area contributed by atoms with E-state index >= 15 is 0 Å². The summed E-state index contributed by atoms with van der Waals surface area (Å²) in [6, 6.07) is 0. The minimum absolute atomic E-state index is 0.123. The second-order valence-corrected chi connectivity index (χ2v) is 1.52. The Morgan fingerprint density at radius 2 is 2.20 bits per heavy atom. The van der Waals surface area contributed by atoms with Gasteiger partial charge in [0.1, 0.15) is 0 Å². The minimum atomic E-state index is -0.194. The Morgan fingerprint density at radius 3 is 2.20 bits per heavy atom. The third-order valence-corrected chi connectivity index (χ3v) is 0.390. The van der Waals surface area contributed by atoms with Crippen LogP contribution in [0.25, 0.3) is 0 Å². The van der Waals surface area contributed by atoms with Gasteiger partial charge in [-0.15, -0.1) is 0 Å². The van der Waals surface area contributed by atoms with Crippen LogP contribution in [0.1, 0.15) is 0 Å². The molecule has 0 aliphatic heterocycles. The van der Waals surface area contributed by atoms with Crippen LogP contribution in [-0.4, -0.2) is 16.3 Å². The zero-order valence-corrected chi connectivity index (χ0v) is 4.12. The Hall–Kier alpha value is 0.110. The molecule has 0 aliphatic carbocycles. The first-order chi connectivity index (χ1) is 2.27. The summed E-state index contributed by atoms with van der Waals surface area (Å²) in [4.78, 5) is 0. The quantitative estimate of drug-likeness (QED) is 0.504. The van der Waals surface area contributed by atoms with Crippen LogP contribution in [0.3, 0.4) is 0 Å². The predicted molar refractivity (Wildman–Crippen MR) is 23.7 cm³/mol. The monoisotopic (exact) mass is 137 g/mol. The number of aliphatic hydroxyl groups excluding tert-OH is 1. The van der Waals surface area contributed by atoms with Gasteiger partial charge in [-0.1, -0.05) is 0 Å². The van der Waals surface area contributed by atoms with Crippen molar-refractivity contribution < 1.29 is 5.11 Å². The molecule has 0 aromatic carbocycles. The van der Waals surface area contributed by atoms with E-state index in [9.17, 15) is 0 Å². The average Bonchev–Trinajstić information content (AvgIpc) is 1.38. The van der Waals surface area contributed by atoms with Crippen LogP contribution in [0.4, 0.5) is 0 Å². The van der Waals surface area contributed by atoms with E-state index < -0.39 is 0 Å². The predicted octanol–water partition coefficient (Wildman–Crippen LogP) is 0.351. The van der Waals surface area contributed by atoms with Crippen LogP contribution in [-0.2, 0) is 0 Å². The molecule has 0 saturated carbocycles. The zero-order chi connectivity index (χ0) is 4.28. The first kappa shape index (κ1) is 5.11. The summed E-state index contributed by atoms with van der Waals surface area (Å²) in [6.45, 7) is -0.194. The lowest BCUT2D eigenvalue weighted by Crippen LogP contribution is -1.87. The highest BCUT2D eigenvalue weighted by Gasteiger charge is 1.75. The molecular weight excluding hydrogens is 134 g/mol. The van der Waals surface area contributed by atoms with E-state index in [2.05, 4.69) is 15.9 Å². The second kappa shape index (κ2) is 2.35. The van der Waals surface area contributed by atoms with E-state index in [1.807, 2.05) is 0 Å². The summed E-state index contributed by atoms with van der Waals surface area (Å²) >= 11 is 2.71. The largest absolute Gasteiger partial charge is 0.390 e. The van der Waals surface area contributed by atoms with Crippen molar-refractivity contribution in [2.75, 3.05) is 6.61 Å². The first-order valence-corrected chi connectivity index (χ1v) is 1.90. The number of hydrogen-bond donors (Lipinski definition) is 2. The van der Waals surface area contributed by atoms with Gasteiger partial charge in [0, 0.05) is 0 Å². The molecule has 0 aromatic heterocycles. The number of aliphatic hydroxyl groups is 1. The summed E-state index contributed by atoms with van der Waals surface area (Å²) in [5.41, 5.74) is 0. The van der Waals surface area contributed by atoms with Gasteiger partial charge in [0.15, 0.2) is 0 Å². The molecule has 30 valence electrons. The first-order valence-electron chi connectivity index (χ1n) is 1.11. The third kappa shape index (κ3) is 4.11. The molecule has 0 aliphatic rings. The maximum Gasteiger partial charge on any atom is 0.0994 e. The molecule has 0 rings (SSSR count). The highest BCUT2D eigenvalue weighted by Crippen LogP contribution is 1.77. The van der Waals surface area contributed by atoms with E-state index in [1.54, 1.807) is 0 Å². The molecule has 2 nitrogen and oxygen atoms in total. The fourth-order valence-corrected chi connectivity index (χ4v) is 0. The topological polar surface area (TPSA) is 44.1 Å². The van der Waals surface area contributed by atoms with Gasteiger partial charge in [-0.3, -0.25) is 5.41 Å². The molecule has 0 heterocycles. The van der Waals surface area contributed by atoms with Gasteiger partial charge in [-0.2, -0.15) is 0 Å². The highest BCUT2D eigenvalue weighted by molar-refractivity contribution is 9.18. The molecule has 0 bridgehead atoms. The zero-order valence-electron chi connectivity index (χ0n) is 2.53. The van der Waals surface area contributed by atoms with Crippen molar-refractivity contribution in [3.63, 3.8) is 0 Å². The Labute approximate surface area is 38.5 Å². The molecule has 3 heteroatoms. The molecular formula is C2H4BrNO. The number of halogens is 1. The maximum absolute atomic E-state index is 7.87. The minimum Gasteiger partial charge on any atom is -0.390 e. The van der Waals surface area contributed by atoms with Crippen LogP contribution in [0.15, 0.2) is 0 Å². The normalized spacial score (nSPS) is 7.60. The lowest BCUT2D eigenvalue weighted by atomic mass is 10.8. The van der Waals surface area contributed by atoms with Crippen LogP contribution < -0.4 is 0 Å². The fourth-order valence-electron chi connectivity index (χ4n) is 0. The molecule has 0 aromatic rings. The van der Waals surface area contributed by atoms with Gasteiger partial charge in [-0.25, -0.2) is 0 Å². The van der Waals surface area contributed by atoms with Crippen molar-refractivity contribution in [1.82, 2.24) is 0 Å². The summed E-state index contributed by atoms with van der Waals surface area (Å²) < 4.78 is 0.123. The molecule has 0 radical (unpaired) electrons. The lowest BCUT2D eigenvalue weighted by molar-refractivity contribution is 0.360. The van der Waals surface area contributed by atoms with Crippen LogP contribution in [0.5, 0.6) is 0 Å². The van der Waals surface area contributed by atoms with Crippen LogP contribution in [0.2, 0.25) is 0 Å². The Bertz CT molecular complexity index is 44.9. The summed E-state index contributed by atoms with van der Waals surface area (Å²) in [5, 5.41) is 14.3. The third-order valence-electron chi connectivity index (χ3n) is 0.139. The van der Waals surface area contributed by atoms with Crippen molar-refractivity contribution in [1.29, 1.82) is 5.41 Å². The second-order valence-electron chi connectivity index (χ2n) is 0.563. The lowest BCUT2D eigenvalue weighted by Gasteiger charge is -1.74. The van der Waals surface area contributed by atoms with Crippen LogP contribution >= 0.6 is 15.9 Å². The molecule has 2 N–H and O–H groups in total. The number of nitrogens with one attached hydrogen (secondary N) is 1. The smallest absolute Gasteiger partial charge is 0.0994 e. The standard InChI is InChI=1S/C2H4BrNO/c3-2(4)1-5/h4-5H,1H2. The van der Waals surface area contributed by atoms with E-state index in [4.69, 9.17) is 10.5 Å². The van der Waals surface area contributed by atoms with Gasteiger partial charge >= 0.3 is 0 Å². The highest BCUT2D eigenvalue weighted by atomic mass is 79.9. The van der Waals surface area contributed by atoms with Gasteiger partial charge in [0.2, 0.25) is 0 Å². The summed E-state index contributed by atoms with van der Waals surface area (Å²) in [7, 11) is 0. The van der Waals surface area contributed by atoms with Gasteiger partial charge < -0.3 is 5.11 Å². The number of hydrogen-bond acceptors (Lipinski definition) is 2. The molecule has 5 heavy (non-hydrogen) atoms. The van der Waals surface area contributed by atoms with E-state index in [0.29, 0.717) is 0 Å². The molecule has 0 unspecified atom stereocenters. The average molecular weight is 138 g/mol. The van der Waals surface area contributed by atoms with Crippen molar-refractivity contribution in [3.8, 4) is 0 Å². The molecule has 0 atom stereocenters. The maximum atomic E-state index is 7.87. The molecule has 0 saturated heterocycles. The summed E-state index contributed by atoms with van der Waals surface area (Å²) in [6.07, 6.45) is 0. The molecule has 0 spiro atoms. The van der Waals surface area contributed by atoms with E-state index in [1.165, 1.54) is 0 Å². The Kier molecular flexibility index (Phi) is 2.41. The van der Waals surface area contributed by atoms with Gasteiger partial charge in [0.05, 0.1) is 11.2 Å². The SMILES string of the molecule is N=C(Br)CO. The van der Waals surface area contributed by atoms with Crippen molar-refractivity contribution in [3.05, 3.63) is 0 Å². The fraction of sp³-hybridized carbons (Fsp3) is 0.500. The van der Waals surface area contributed by atoms with Crippen molar-refractivity contribution in [2.45, 2.75) is 0 Å². The van der Waals surface area contributed by atoms with Crippen molar-refractivity contribution in [2.24, 2.45) is 0 Å². The number of rotatable bonds is 1. The Balaban J connectivity index is 2.85. The van der Waals surface area contributed by atoms with Crippen LogP contribution in [0, 0.1) is 5.41 Å². The van der Waals surface area contributed by atoms with E-state index in [-0.39, 0.29) is 11.2 Å².